The zero-order valence-electron chi connectivity index (χ0n) is 15.1. The van der Waals surface area contributed by atoms with Crippen LogP contribution in [-0.4, -0.2) is 43.7 Å². The molecule has 1 saturated heterocycles. The highest BCUT2D eigenvalue weighted by molar-refractivity contribution is 7.89. The molecule has 0 saturated carbocycles. The monoisotopic (exact) mass is 379 g/mol. The van der Waals surface area contributed by atoms with Crippen LogP contribution >= 0.6 is 0 Å². The molecule has 0 radical (unpaired) electrons. The molecule has 1 aliphatic heterocycles. The minimum atomic E-state index is -3.76. The minimum Gasteiger partial charge on any atom is -0.441 e. The predicted octanol–water partition coefficient (Wildman–Crippen LogP) is 1.74. The quantitative estimate of drug-likeness (QED) is 0.731. The highest BCUT2D eigenvalue weighted by atomic mass is 32.2. The smallest absolute Gasteiger partial charge is 0.240 e. The van der Waals surface area contributed by atoms with E-state index in [1.54, 1.807) is 38.2 Å². The SMILES string of the molecule is Cc1ncc(-c2ccc(C)c(S(=O)(=O)NC[C@]3(O)CCCNCC3)c2)o1. The van der Waals surface area contributed by atoms with E-state index in [4.69, 9.17) is 4.42 Å². The first kappa shape index (κ1) is 19.0. The van der Waals surface area contributed by atoms with Crippen LogP contribution in [0.5, 0.6) is 0 Å². The van der Waals surface area contributed by atoms with Crippen LogP contribution in [0.15, 0.2) is 33.7 Å². The lowest BCUT2D eigenvalue weighted by Gasteiger charge is -2.26. The van der Waals surface area contributed by atoms with Gasteiger partial charge in [-0.2, -0.15) is 0 Å². The molecule has 1 atom stereocenters. The van der Waals surface area contributed by atoms with Crippen LogP contribution in [0.25, 0.3) is 11.3 Å². The Balaban J connectivity index is 1.82. The van der Waals surface area contributed by atoms with Crippen molar-refractivity contribution in [1.82, 2.24) is 15.0 Å². The molecule has 0 aliphatic carbocycles. The molecular weight excluding hydrogens is 354 g/mol. The third-order valence-corrected chi connectivity index (χ3v) is 6.28. The molecule has 0 spiro atoms. The third kappa shape index (κ3) is 4.32. The predicted molar refractivity (Wildman–Crippen MR) is 98.3 cm³/mol. The molecule has 1 fully saturated rings. The first-order valence-electron chi connectivity index (χ1n) is 8.75. The molecule has 1 aromatic heterocycles. The second-order valence-corrected chi connectivity index (χ2v) is 8.61. The molecular formula is C18H25N3O4S. The van der Waals surface area contributed by atoms with Gasteiger partial charge in [0.05, 0.1) is 16.7 Å². The maximum atomic E-state index is 12.8. The van der Waals surface area contributed by atoms with Crippen molar-refractivity contribution in [3.8, 4) is 11.3 Å². The van der Waals surface area contributed by atoms with Crippen molar-refractivity contribution < 1.29 is 17.9 Å². The Bertz CT molecular complexity index is 868. The second kappa shape index (κ2) is 7.48. The van der Waals surface area contributed by atoms with Crippen molar-refractivity contribution in [2.75, 3.05) is 19.6 Å². The van der Waals surface area contributed by atoms with E-state index >= 15 is 0 Å². The molecule has 2 aromatic rings. The van der Waals surface area contributed by atoms with Crippen LogP contribution < -0.4 is 10.0 Å². The van der Waals surface area contributed by atoms with Crippen LogP contribution in [0.4, 0.5) is 0 Å². The molecule has 142 valence electrons. The van der Waals surface area contributed by atoms with Gasteiger partial charge in [0.2, 0.25) is 10.0 Å². The maximum absolute atomic E-state index is 12.8. The van der Waals surface area contributed by atoms with Crippen LogP contribution in [0, 0.1) is 13.8 Å². The summed E-state index contributed by atoms with van der Waals surface area (Å²) in [5.41, 5.74) is 0.255. The number of benzene rings is 1. The minimum absolute atomic E-state index is 0.00208. The number of aryl methyl sites for hydroxylation is 2. The Labute approximate surface area is 153 Å². The van der Waals surface area contributed by atoms with Crippen molar-refractivity contribution in [2.24, 2.45) is 0 Å². The highest BCUT2D eigenvalue weighted by Crippen LogP contribution is 2.26. The standard InChI is InChI=1S/C18H25N3O4S/c1-13-4-5-15(16-11-20-14(2)25-16)10-17(13)26(23,24)21-12-18(22)6-3-8-19-9-7-18/h4-5,10-11,19,21-22H,3,6-9,12H2,1-2H3/t18-/m0/s1. The summed E-state index contributed by atoms with van der Waals surface area (Å²) in [5, 5.41) is 13.9. The number of aliphatic hydroxyl groups is 1. The highest BCUT2D eigenvalue weighted by Gasteiger charge is 2.30. The Morgan fingerprint density at radius 1 is 1.31 bits per heavy atom. The lowest BCUT2D eigenvalue weighted by atomic mass is 9.95. The van der Waals surface area contributed by atoms with Gasteiger partial charge in [0.1, 0.15) is 0 Å². The molecule has 1 aliphatic rings. The summed E-state index contributed by atoms with van der Waals surface area (Å²) in [4.78, 5) is 4.23. The fraction of sp³-hybridized carbons (Fsp3) is 0.500. The second-order valence-electron chi connectivity index (χ2n) is 6.88. The van der Waals surface area contributed by atoms with Gasteiger partial charge in [-0.3, -0.25) is 0 Å². The number of sulfonamides is 1. The average Bonchev–Trinajstić information content (AvgIpc) is 2.91. The summed E-state index contributed by atoms with van der Waals surface area (Å²) >= 11 is 0. The Hall–Kier alpha value is -1.74. The van der Waals surface area contributed by atoms with Gasteiger partial charge in [0.25, 0.3) is 0 Å². The van der Waals surface area contributed by atoms with E-state index in [2.05, 4.69) is 15.0 Å². The summed E-state index contributed by atoms with van der Waals surface area (Å²) in [6, 6.07) is 5.13. The largest absolute Gasteiger partial charge is 0.441 e. The van der Waals surface area contributed by atoms with Crippen molar-refractivity contribution >= 4 is 10.0 Å². The van der Waals surface area contributed by atoms with Crippen LogP contribution in [0.1, 0.15) is 30.7 Å². The summed E-state index contributed by atoms with van der Waals surface area (Å²) in [5.74, 6) is 1.04. The van der Waals surface area contributed by atoms with Crippen molar-refractivity contribution in [1.29, 1.82) is 0 Å². The lowest BCUT2D eigenvalue weighted by Crippen LogP contribution is -2.43. The van der Waals surface area contributed by atoms with Gasteiger partial charge in [-0.05, 0) is 50.9 Å². The Morgan fingerprint density at radius 3 is 2.85 bits per heavy atom. The van der Waals surface area contributed by atoms with E-state index in [1.807, 2.05) is 0 Å². The molecule has 8 heteroatoms. The normalized spacial score (nSPS) is 21.5. The molecule has 0 unspecified atom stereocenters. The van der Waals surface area contributed by atoms with Crippen molar-refractivity contribution in [3.05, 3.63) is 35.9 Å². The fourth-order valence-corrected chi connectivity index (χ4v) is 4.52. The molecule has 3 N–H and O–H groups in total. The number of oxazole rings is 1. The topological polar surface area (TPSA) is 104 Å². The van der Waals surface area contributed by atoms with E-state index in [9.17, 15) is 13.5 Å². The van der Waals surface area contributed by atoms with Gasteiger partial charge in [0, 0.05) is 19.0 Å². The summed E-state index contributed by atoms with van der Waals surface area (Å²) in [6.07, 6.45) is 3.48. The van der Waals surface area contributed by atoms with Gasteiger partial charge in [0.15, 0.2) is 11.7 Å². The zero-order valence-corrected chi connectivity index (χ0v) is 15.9. The lowest BCUT2D eigenvalue weighted by molar-refractivity contribution is 0.0335. The first-order valence-corrected chi connectivity index (χ1v) is 10.2. The van der Waals surface area contributed by atoms with Gasteiger partial charge in [-0.1, -0.05) is 12.1 Å². The summed E-state index contributed by atoms with van der Waals surface area (Å²) < 4.78 is 33.7. The summed E-state index contributed by atoms with van der Waals surface area (Å²) in [6.45, 7) is 5.00. The number of nitrogens with one attached hydrogen (secondary N) is 2. The fourth-order valence-electron chi connectivity index (χ4n) is 3.14. The molecule has 26 heavy (non-hydrogen) atoms. The molecule has 2 heterocycles. The van der Waals surface area contributed by atoms with Crippen LogP contribution in [0.3, 0.4) is 0 Å². The van der Waals surface area contributed by atoms with Gasteiger partial charge < -0.3 is 14.8 Å². The maximum Gasteiger partial charge on any atom is 0.240 e. The molecule has 1 aromatic carbocycles. The van der Waals surface area contributed by atoms with E-state index in [0.717, 1.165) is 13.0 Å². The van der Waals surface area contributed by atoms with E-state index < -0.39 is 15.6 Å². The average molecular weight is 379 g/mol. The van der Waals surface area contributed by atoms with E-state index in [1.165, 1.54) is 0 Å². The Morgan fingerprint density at radius 2 is 2.12 bits per heavy atom. The molecule has 7 nitrogen and oxygen atoms in total. The van der Waals surface area contributed by atoms with Gasteiger partial charge >= 0.3 is 0 Å². The van der Waals surface area contributed by atoms with Crippen molar-refractivity contribution in [3.63, 3.8) is 0 Å². The zero-order chi connectivity index (χ0) is 18.8. The third-order valence-electron chi connectivity index (χ3n) is 4.74. The van der Waals surface area contributed by atoms with Gasteiger partial charge in [-0.25, -0.2) is 18.1 Å². The van der Waals surface area contributed by atoms with Crippen LogP contribution in [-0.2, 0) is 10.0 Å². The van der Waals surface area contributed by atoms with Crippen molar-refractivity contribution in [2.45, 2.75) is 43.6 Å². The number of hydrogen-bond donors (Lipinski definition) is 3. The number of aromatic nitrogens is 1. The molecule has 0 bridgehead atoms. The van der Waals surface area contributed by atoms with E-state index in [-0.39, 0.29) is 11.4 Å². The van der Waals surface area contributed by atoms with Gasteiger partial charge in [-0.15, -0.1) is 0 Å². The summed E-state index contributed by atoms with van der Waals surface area (Å²) in [7, 11) is -3.76. The Kier molecular flexibility index (Phi) is 5.47. The van der Waals surface area contributed by atoms with Crippen LogP contribution in [0.2, 0.25) is 0 Å². The first-order chi connectivity index (χ1) is 12.3. The number of nitrogens with zero attached hydrogens (tertiary/aromatic N) is 1. The van der Waals surface area contributed by atoms with E-state index in [0.29, 0.717) is 42.2 Å². The molecule has 3 rings (SSSR count). The number of rotatable bonds is 5. The molecule has 0 amide bonds. The number of hydrogen-bond acceptors (Lipinski definition) is 6.